The smallest absolute Gasteiger partial charge is 0.257 e. The number of amides is 1. The predicted molar refractivity (Wildman–Crippen MR) is 104 cm³/mol. The van der Waals surface area contributed by atoms with Gasteiger partial charge >= 0.3 is 0 Å². The van der Waals surface area contributed by atoms with Crippen molar-refractivity contribution in [3.63, 3.8) is 0 Å². The zero-order valence-electron chi connectivity index (χ0n) is 16.6. The van der Waals surface area contributed by atoms with Crippen LogP contribution in [0.2, 0.25) is 0 Å². The van der Waals surface area contributed by atoms with Crippen LogP contribution in [0.15, 0.2) is 6.20 Å². The van der Waals surface area contributed by atoms with Crippen LogP contribution in [0.4, 0.5) is 5.95 Å². The third-order valence-electron chi connectivity index (χ3n) is 6.12. The van der Waals surface area contributed by atoms with Crippen LogP contribution in [0.25, 0.3) is 0 Å². The summed E-state index contributed by atoms with van der Waals surface area (Å²) in [6.07, 6.45) is 7.73. The molecule has 1 aliphatic carbocycles. The van der Waals surface area contributed by atoms with Crippen molar-refractivity contribution < 1.29 is 4.79 Å². The van der Waals surface area contributed by atoms with Crippen molar-refractivity contribution in [3.05, 3.63) is 29.1 Å². The Balaban J connectivity index is 1.36. The Bertz CT molecular complexity index is 898. The molecular weight excluding hydrogens is 354 g/mol. The van der Waals surface area contributed by atoms with Gasteiger partial charge in [0.25, 0.3) is 5.91 Å². The first-order chi connectivity index (χ1) is 13.6. The minimum Gasteiger partial charge on any atom is -0.341 e. The maximum atomic E-state index is 13.2. The summed E-state index contributed by atoms with van der Waals surface area (Å²) in [5.41, 5.74) is 1.34. The average Bonchev–Trinajstić information content (AvgIpc) is 3.47. The summed E-state index contributed by atoms with van der Waals surface area (Å²) in [4.78, 5) is 26.4. The summed E-state index contributed by atoms with van der Waals surface area (Å²) in [7, 11) is 0. The lowest BCUT2D eigenvalue weighted by Crippen LogP contribution is -2.41. The van der Waals surface area contributed by atoms with E-state index in [-0.39, 0.29) is 11.9 Å². The SMILES string of the molecule is Cc1nc(N2CCCCC2)ncc1C(=O)N1Cc2nnc(C3CC3)n2[C@@H](C)C1. The van der Waals surface area contributed by atoms with Crippen LogP contribution >= 0.6 is 0 Å². The Morgan fingerprint density at radius 2 is 1.93 bits per heavy atom. The van der Waals surface area contributed by atoms with Crippen LogP contribution in [0.5, 0.6) is 0 Å². The van der Waals surface area contributed by atoms with E-state index in [1.165, 1.54) is 32.1 Å². The Hall–Kier alpha value is -2.51. The van der Waals surface area contributed by atoms with Crippen molar-refractivity contribution in [1.82, 2.24) is 29.6 Å². The van der Waals surface area contributed by atoms with E-state index in [0.717, 1.165) is 36.4 Å². The highest BCUT2D eigenvalue weighted by Gasteiger charge is 2.36. The molecule has 1 saturated heterocycles. The van der Waals surface area contributed by atoms with Crippen LogP contribution < -0.4 is 4.90 Å². The van der Waals surface area contributed by atoms with Gasteiger partial charge in [-0.05, 0) is 46.0 Å². The number of aromatic nitrogens is 5. The van der Waals surface area contributed by atoms with Gasteiger partial charge in [0.05, 0.1) is 23.8 Å². The van der Waals surface area contributed by atoms with Gasteiger partial charge in [0.1, 0.15) is 5.82 Å². The summed E-state index contributed by atoms with van der Waals surface area (Å²) in [5, 5.41) is 8.78. The predicted octanol–water partition coefficient (Wildman–Crippen LogP) is 2.46. The molecule has 3 aliphatic rings. The number of hydrogen-bond donors (Lipinski definition) is 0. The summed E-state index contributed by atoms with van der Waals surface area (Å²) >= 11 is 0. The number of piperidine rings is 1. The van der Waals surface area contributed by atoms with Gasteiger partial charge in [-0.3, -0.25) is 4.79 Å². The van der Waals surface area contributed by atoms with E-state index in [2.05, 4.69) is 36.6 Å². The summed E-state index contributed by atoms with van der Waals surface area (Å²) in [6.45, 7) is 7.20. The minimum atomic E-state index is -0.0169. The lowest BCUT2D eigenvalue weighted by molar-refractivity contribution is 0.0678. The van der Waals surface area contributed by atoms with E-state index in [0.29, 0.717) is 24.6 Å². The van der Waals surface area contributed by atoms with E-state index in [4.69, 9.17) is 0 Å². The quantitative estimate of drug-likeness (QED) is 0.812. The molecule has 1 amide bonds. The number of rotatable bonds is 3. The highest BCUT2D eigenvalue weighted by molar-refractivity contribution is 5.95. The molecule has 2 aromatic rings. The van der Waals surface area contributed by atoms with E-state index >= 15 is 0 Å². The van der Waals surface area contributed by atoms with Crippen LogP contribution in [0.1, 0.15) is 78.7 Å². The van der Waals surface area contributed by atoms with Gasteiger partial charge in [-0.25, -0.2) is 9.97 Å². The molecule has 28 heavy (non-hydrogen) atoms. The summed E-state index contributed by atoms with van der Waals surface area (Å²) < 4.78 is 2.24. The topological polar surface area (TPSA) is 80.0 Å². The average molecular weight is 381 g/mol. The Morgan fingerprint density at radius 1 is 1.14 bits per heavy atom. The fraction of sp³-hybridized carbons (Fsp3) is 0.650. The molecule has 0 unspecified atom stereocenters. The molecule has 0 bridgehead atoms. The number of aryl methyl sites for hydroxylation is 1. The molecule has 0 N–H and O–H groups in total. The molecule has 2 fully saturated rings. The van der Waals surface area contributed by atoms with Crippen LogP contribution in [-0.2, 0) is 6.54 Å². The summed E-state index contributed by atoms with van der Waals surface area (Å²) in [6, 6.07) is 0.187. The molecule has 2 aliphatic heterocycles. The molecular formula is C20H27N7O. The first-order valence-corrected chi connectivity index (χ1v) is 10.4. The third kappa shape index (κ3) is 3.04. The molecule has 0 spiro atoms. The molecule has 1 atom stereocenters. The van der Waals surface area contributed by atoms with Crippen LogP contribution in [-0.4, -0.2) is 55.2 Å². The van der Waals surface area contributed by atoms with Crippen molar-refractivity contribution in [2.75, 3.05) is 24.5 Å². The lowest BCUT2D eigenvalue weighted by atomic mass is 10.1. The fourth-order valence-corrected chi connectivity index (χ4v) is 4.42. The number of nitrogens with zero attached hydrogens (tertiary/aromatic N) is 7. The first-order valence-electron chi connectivity index (χ1n) is 10.4. The number of hydrogen-bond acceptors (Lipinski definition) is 6. The van der Waals surface area contributed by atoms with E-state index in [1.54, 1.807) is 6.20 Å². The van der Waals surface area contributed by atoms with Gasteiger partial charge in [0.2, 0.25) is 5.95 Å². The summed E-state index contributed by atoms with van der Waals surface area (Å²) in [5.74, 6) is 3.27. The minimum absolute atomic E-state index is 0.0169. The second-order valence-corrected chi connectivity index (χ2v) is 8.37. The Kier molecular flexibility index (Phi) is 4.29. The van der Waals surface area contributed by atoms with Crippen LogP contribution in [0.3, 0.4) is 0 Å². The highest BCUT2D eigenvalue weighted by atomic mass is 16.2. The standard InChI is InChI=1S/C20H27N7O/c1-13-11-26(12-17-23-24-18(27(13)17)15-6-7-15)19(28)16-10-21-20(22-14(16)2)25-8-4-3-5-9-25/h10,13,15H,3-9,11-12H2,1-2H3/t13-/m0/s1. The Morgan fingerprint density at radius 3 is 2.64 bits per heavy atom. The van der Waals surface area contributed by atoms with E-state index < -0.39 is 0 Å². The maximum absolute atomic E-state index is 13.2. The lowest BCUT2D eigenvalue weighted by Gasteiger charge is -2.33. The van der Waals surface area contributed by atoms with E-state index in [9.17, 15) is 4.79 Å². The molecule has 0 radical (unpaired) electrons. The first kappa shape index (κ1) is 17.6. The van der Waals surface area contributed by atoms with Gasteiger partial charge in [-0.15, -0.1) is 10.2 Å². The van der Waals surface area contributed by atoms with Gasteiger partial charge in [-0.1, -0.05) is 0 Å². The van der Waals surface area contributed by atoms with Gasteiger partial charge in [0.15, 0.2) is 5.82 Å². The van der Waals surface area contributed by atoms with E-state index in [1.807, 2.05) is 11.8 Å². The molecule has 8 heteroatoms. The van der Waals surface area contributed by atoms with Crippen molar-refractivity contribution in [3.8, 4) is 0 Å². The zero-order chi connectivity index (χ0) is 19.3. The van der Waals surface area contributed by atoms with Crippen molar-refractivity contribution in [2.24, 2.45) is 0 Å². The van der Waals surface area contributed by atoms with Crippen molar-refractivity contribution >= 4 is 11.9 Å². The number of carbonyl (C=O) groups is 1. The normalized spacial score (nSPS) is 22.3. The van der Waals surface area contributed by atoms with Gasteiger partial charge in [-0.2, -0.15) is 0 Å². The molecule has 148 valence electrons. The number of fused-ring (bicyclic) bond motifs is 1. The maximum Gasteiger partial charge on any atom is 0.257 e. The molecule has 4 heterocycles. The molecule has 8 nitrogen and oxygen atoms in total. The van der Waals surface area contributed by atoms with Crippen molar-refractivity contribution in [2.45, 2.75) is 64.5 Å². The van der Waals surface area contributed by atoms with Gasteiger partial charge < -0.3 is 14.4 Å². The largest absolute Gasteiger partial charge is 0.341 e. The highest BCUT2D eigenvalue weighted by Crippen LogP contribution is 2.41. The van der Waals surface area contributed by atoms with Crippen LogP contribution in [0, 0.1) is 6.92 Å². The second-order valence-electron chi connectivity index (χ2n) is 8.37. The number of anilines is 1. The molecule has 0 aromatic carbocycles. The van der Waals surface area contributed by atoms with Crippen molar-refractivity contribution in [1.29, 1.82) is 0 Å². The molecule has 2 aromatic heterocycles. The Labute approximate surface area is 165 Å². The third-order valence-corrected chi connectivity index (χ3v) is 6.12. The number of carbonyl (C=O) groups excluding carboxylic acids is 1. The molecule has 1 saturated carbocycles. The monoisotopic (exact) mass is 381 g/mol. The zero-order valence-corrected chi connectivity index (χ0v) is 16.6. The van der Waals surface area contributed by atoms with Gasteiger partial charge in [0, 0.05) is 31.7 Å². The second kappa shape index (κ2) is 6.83. The fourth-order valence-electron chi connectivity index (χ4n) is 4.42. The molecule has 5 rings (SSSR count).